The van der Waals surface area contributed by atoms with E-state index < -0.39 is 42.1 Å². The second-order valence-corrected chi connectivity index (χ2v) is 10.1. The van der Waals surface area contributed by atoms with E-state index >= 15 is 0 Å². The number of alkyl carbamates (subject to hydrolysis) is 1. The minimum absolute atomic E-state index is 0.0273. The third kappa shape index (κ3) is 7.76. The van der Waals surface area contributed by atoms with Gasteiger partial charge in [-0.15, -0.1) is 0 Å². The number of hydrogen-bond donors (Lipinski definition) is 5. The molecule has 1 unspecified atom stereocenters. The van der Waals surface area contributed by atoms with Crippen LogP contribution in [-0.2, 0) is 23.9 Å². The molecule has 0 spiro atoms. The Morgan fingerprint density at radius 1 is 0.925 bits per heavy atom. The molecule has 0 fully saturated rings. The number of methoxy groups -OCH3 is 1. The monoisotopic (exact) mass is 570 g/mol. The van der Waals surface area contributed by atoms with Crippen molar-refractivity contribution >= 4 is 36.5 Å². The van der Waals surface area contributed by atoms with Gasteiger partial charge in [-0.25, -0.2) is 9.59 Å². The summed E-state index contributed by atoms with van der Waals surface area (Å²) in [6.45, 7) is 5.40. The van der Waals surface area contributed by atoms with Gasteiger partial charge in [-0.2, -0.15) is 12.6 Å². The standard InChI is InChI=1S/C29H38N4O6S/c1-5-17(2)26(28(36)38-4)33-27(35)24(16-40)32-25(34)14-30-18(3)31-29(37)39-15-23-21-12-8-6-10-19(21)20-11-7-9-13-22(20)23/h6-13,17-18,23-24,26,30,40H,5,14-16H2,1-4H3,(H,31,37)(H,32,34)(H,33,35)/t17-,18-,24?,26-/m0/s1. The maximum atomic E-state index is 12.7. The second-order valence-electron chi connectivity index (χ2n) is 9.77. The van der Waals surface area contributed by atoms with Crippen LogP contribution >= 0.6 is 12.6 Å². The number of carbonyl (C=O) groups excluding carboxylic acids is 4. The zero-order valence-electron chi connectivity index (χ0n) is 23.2. The lowest BCUT2D eigenvalue weighted by Crippen LogP contribution is -2.56. The zero-order valence-corrected chi connectivity index (χ0v) is 24.1. The SMILES string of the molecule is CC[C@H](C)[C@H](NC(=O)C(CS)NC(=O)CN[C@H](C)NC(=O)OCC1c2ccccc2-c2ccccc21)C(=O)OC. The van der Waals surface area contributed by atoms with Crippen molar-refractivity contribution in [3.8, 4) is 11.1 Å². The second kappa shape index (κ2) is 14.7. The maximum absolute atomic E-state index is 12.7. The summed E-state index contributed by atoms with van der Waals surface area (Å²) < 4.78 is 10.3. The van der Waals surface area contributed by atoms with Crippen LogP contribution < -0.4 is 21.3 Å². The van der Waals surface area contributed by atoms with E-state index in [0.717, 1.165) is 22.3 Å². The van der Waals surface area contributed by atoms with Gasteiger partial charge in [-0.05, 0) is 35.1 Å². The first kappa shape index (κ1) is 31.0. The van der Waals surface area contributed by atoms with Gasteiger partial charge < -0.3 is 25.4 Å². The first-order valence-corrected chi connectivity index (χ1v) is 14.0. The average molecular weight is 571 g/mol. The highest BCUT2D eigenvalue weighted by atomic mass is 32.1. The molecule has 11 heteroatoms. The quantitative estimate of drug-likeness (QED) is 0.142. The molecule has 3 rings (SSSR count). The van der Waals surface area contributed by atoms with E-state index in [0.29, 0.717) is 6.42 Å². The molecule has 0 radical (unpaired) electrons. The summed E-state index contributed by atoms with van der Waals surface area (Å²) >= 11 is 4.17. The third-order valence-corrected chi connectivity index (χ3v) is 7.41. The molecule has 2 aromatic rings. The number of ether oxygens (including phenoxy) is 2. The smallest absolute Gasteiger partial charge is 0.408 e. The molecular formula is C29H38N4O6S. The fraction of sp³-hybridized carbons (Fsp3) is 0.448. The molecular weight excluding hydrogens is 532 g/mol. The summed E-state index contributed by atoms with van der Waals surface area (Å²) in [7, 11) is 1.26. The number of fused-ring (bicyclic) bond motifs is 3. The van der Waals surface area contributed by atoms with E-state index in [-0.39, 0.29) is 30.7 Å². The van der Waals surface area contributed by atoms with Gasteiger partial charge >= 0.3 is 12.1 Å². The fourth-order valence-corrected chi connectivity index (χ4v) is 4.86. The van der Waals surface area contributed by atoms with E-state index in [1.54, 1.807) is 6.92 Å². The van der Waals surface area contributed by atoms with Crippen LogP contribution in [0.5, 0.6) is 0 Å². The van der Waals surface area contributed by atoms with E-state index in [1.165, 1.54) is 7.11 Å². The highest BCUT2D eigenvalue weighted by molar-refractivity contribution is 7.80. The summed E-state index contributed by atoms with van der Waals surface area (Å²) in [5.41, 5.74) is 4.51. The van der Waals surface area contributed by atoms with Crippen LogP contribution in [0, 0.1) is 5.92 Å². The van der Waals surface area contributed by atoms with E-state index in [4.69, 9.17) is 9.47 Å². The predicted molar refractivity (Wildman–Crippen MR) is 155 cm³/mol. The fourth-order valence-electron chi connectivity index (χ4n) is 4.60. The van der Waals surface area contributed by atoms with Gasteiger partial charge in [0, 0.05) is 11.7 Å². The molecule has 216 valence electrons. The maximum Gasteiger partial charge on any atom is 0.408 e. The Morgan fingerprint density at radius 2 is 1.52 bits per heavy atom. The molecule has 1 aliphatic carbocycles. The van der Waals surface area contributed by atoms with E-state index in [1.807, 2.05) is 50.2 Å². The number of benzene rings is 2. The lowest BCUT2D eigenvalue weighted by atomic mass is 9.98. The molecule has 0 heterocycles. The van der Waals surface area contributed by atoms with Gasteiger partial charge in [0.1, 0.15) is 18.7 Å². The van der Waals surface area contributed by atoms with Gasteiger partial charge in [0.15, 0.2) is 0 Å². The summed E-state index contributed by atoms with van der Waals surface area (Å²) in [5, 5.41) is 10.8. The summed E-state index contributed by atoms with van der Waals surface area (Å²) in [6.07, 6.45) is -0.552. The molecule has 0 saturated carbocycles. The first-order chi connectivity index (χ1) is 19.2. The predicted octanol–water partition coefficient (Wildman–Crippen LogP) is 2.58. The third-order valence-electron chi connectivity index (χ3n) is 7.05. The molecule has 4 N–H and O–H groups in total. The molecule has 2 aromatic carbocycles. The van der Waals surface area contributed by atoms with Gasteiger partial charge in [0.2, 0.25) is 11.8 Å². The summed E-state index contributed by atoms with van der Waals surface area (Å²) in [4.78, 5) is 49.7. The number of carbonyl (C=O) groups is 4. The Balaban J connectivity index is 1.45. The molecule has 4 atom stereocenters. The molecule has 1 aliphatic rings. The minimum atomic E-state index is -0.959. The number of rotatable bonds is 13. The van der Waals surface area contributed by atoms with Crippen molar-refractivity contribution in [2.45, 2.75) is 51.4 Å². The normalized spacial score (nSPS) is 15.0. The molecule has 0 aromatic heterocycles. The minimum Gasteiger partial charge on any atom is -0.467 e. The number of thiol groups is 1. The van der Waals surface area contributed by atoms with Crippen LogP contribution in [0.25, 0.3) is 11.1 Å². The number of hydrogen-bond acceptors (Lipinski definition) is 8. The molecule has 10 nitrogen and oxygen atoms in total. The summed E-state index contributed by atoms with van der Waals surface area (Å²) in [6, 6.07) is 14.4. The van der Waals surface area contributed by atoms with Crippen molar-refractivity contribution in [2.24, 2.45) is 5.92 Å². The van der Waals surface area contributed by atoms with Crippen LogP contribution in [0.1, 0.15) is 44.2 Å². The van der Waals surface area contributed by atoms with Gasteiger partial charge in [0.25, 0.3) is 0 Å². The van der Waals surface area contributed by atoms with Gasteiger partial charge in [-0.1, -0.05) is 68.8 Å². The van der Waals surface area contributed by atoms with Crippen LogP contribution in [0.15, 0.2) is 48.5 Å². The Bertz CT molecular complexity index is 1160. The van der Waals surface area contributed by atoms with Crippen LogP contribution in [0.3, 0.4) is 0 Å². The van der Waals surface area contributed by atoms with Crippen molar-refractivity contribution in [3.63, 3.8) is 0 Å². The molecule has 0 bridgehead atoms. The highest BCUT2D eigenvalue weighted by Crippen LogP contribution is 2.44. The number of esters is 1. The largest absolute Gasteiger partial charge is 0.467 e. The first-order valence-electron chi connectivity index (χ1n) is 13.3. The zero-order chi connectivity index (χ0) is 29.2. The van der Waals surface area contributed by atoms with Crippen molar-refractivity contribution < 1.29 is 28.7 Å². The van der Waals surface area contributed by atoms with Crippen molar-refractivity contribution in [1.82, 2.24) is 21.3 Å². The van der Waals surface area contributed by atoms with Crippen LogP contribution in [-0.4, -0.2) is 68.1 Å². The summed E-state index contributed by atoms with van der Waals surface area (Å²) in [5.74, 6) is -1.76. The number of nitrogens with one attached hydrogen (secondary N) is 4. The Labute approximate surface area is 240 Å². The highest BCUT2D eigenvalue weighted by Gasteiger charge is 2.31. The molecule has 40 heavy (non-hydrogen) atoms. The Kier molecular flexibility index (Phi) is 11.4. The topological polar surface area (TPSA) is 135 Å². The van der Waals surface area contributed by atoms with E-state index in [9.17, 15) is 19.2 Å². The molecule has 3 amide bonds. The molecule has 0 saturated heterocycles. The Morgan fingerprint density at radius 3 is 2.08 bits per heavy atom. The lowest BCUT2D eigenvalue weighted by molar-refractivity contribution is -0.146. The van der Waals surface area contributed by atoms with Crippen LogP contribution in [0.2, 0.25) is 0 Å². The number of amides is 3. The van der Waals surface area contributed by atoms with Gasteiger partial charge in [-0.3, -0.25) is 14.9 Å². The van der Waals surface area contributed by atoms with E-state index in [2.05, 4.69) is 46.0 Å². The van der Waals surface area contributed by atoms with Crippen molar-refractivity contribution in [3.05, 3.63) is 59.7 Å². The van der Waals surface area contributed by atoms with Crippen molar-refractivity contribution in [2.75, 3.05) is 26.0 Å². The van der Waals surface area contributed by atoms with Crippen molar-refractivity contribution in [1.29, 1.82) is 0 Å². The van der Waals surface area contributed by atoms with Gasteiger partial charge in [0.05, 0.1) is 19.8 Å². The lowest BCUT2D eigenvalue weighted by Gasteiger charge is -2.25. The Hall–Kier alpha value is -3.57. The van der Waals surface area contributed by atoms with Crippen LogP contribution in [0.4, 0.5) is 4.79 Å². The average Bonchev–Trinajstić information content (AvgIpc) is 3.29. The molecule has 0 aliphatic heterocycles.